The first kappa shape index (κ1) is 5.36. The van der Waals surface area contributed by atoms with Crippen LogP contribution in [0.2, 0.25) is 0 Å². The van der Waals surface area contributed by atoms with E-state index < -0.39 is 0 Å². The van der Waals surface area contributed by atoms with Gasteiger partial charge in [0.15, 0.2) is 0 Å². The van der Waals surface area contributed by atoms with Gasteiger partial charge in [-0.15, -0.1) is 0 Å². The second-order valence-electron chi connectivity index (χ2n) is 1.22. The molecule has 3 saturated heterocycles. The fourth-order valence-corrected chi connectivity index (χ4v) is 12.0. The zero-order chi connectivity index (χ0) is 4.69. The minimum absolute atomic E-state index is 0.967. The number of hydrogen-bond acceptors (Lipinski definition) is 3. The van der Waals surface area contributed by atoms with E-state index >= 15 is 0 Å². The van der Waals surface area contributed by atoms with Gasteiger partial charge < -0.3 is 0 Å². The summed E-state index contributed by atoms with van der Waals surface area (Å²) in [5.41, 5.74) is 0. The molecule has 0 nitrogen and oxygen atoms in total. The quantitative estimate of drug-likeness (QED) is 0.562. The molecule has 0 aromatic rings. The van der Waals surface area contributed by atoms with E-state index in [0.29, 0.717) is 0 Å². The first-order valence-electron chi connectivity index (χ1n) is 1.89. The van der Waals surface area contributed by atoms with Crippen LogP contribution in [0.1, 0.15) is 0 Å². The van der Waals surface area contributed by atoms with Crippen molar-refractivity contribution in [3.05, 3.63) is 5.08 Å². The molecule has 2 atom stereocenters. The number of fused-ring (bicyclic) bond motifs is 2. The summed E-state index contributed by atoms with van der Waals surface area (Å²) in [6.45, 7) is 0. The summed E-state index contributed by atoms with van der Waals surface area (Å²) in [5, 5.41) is 2.29. The summed E-state index contributed by atoms with van der Waals surface area (Å²) in [7, 11) is 0. The molecule has 0 aliphatic carbocycles. The molecule has 0 amide bonds. The first-order chi connectivity index (χ1) is 3.45. The molecule has 0 spiro atoms. The van der Waals surface area contributed by atoms with Crippen molar-refractivity contribution in [3.8, 4) is 0 Å². The van der Waals surface area contributed by atoms with Gasteiger partial charge in [0, 0.05) is 0 Å². The molecule has 3 heterocycles. The van der Waals surface area contributed by atoms with Crippen molar-refractivity contribution in [3.63, 3.8) is 0 Å². The number of hydrogen-bond donors (Lipinski definition) is 0. The molecule has 1 radical (unpaired) electrons. The van der Waals surface area contributed by atoms with Crippen LogP contribution in [-0.4, -0.2) is 21.9 Å². The van der Waals surface area contributed by atoms with Crippen molar-refractivity contribution in [1.82, 2.24) is 0 Å². The van der Waals surface area contributed by atoms with Crippen molar-refractivity contribution in [2.75, 3.05) is 0 Å². The third-order valence-electron chi connectivity index (χ3n) is 0.778. The normalized spacial score (nSPS) is 48.0. The number of rotatable bonds is 0. The van der Waals surface area contributed by atoms with Gasteiger partial charge in [-0.1, -0.05) is 0 Å². The van der Waals surface area contributed by atoms with E-state index in [4.69, 9.17) is 0 Å². The van der Waals surface area contributed by atoms with Crippen LogP contribution in [0.15, 0.2) is 0 Å². The molecule has 0 aromatic heterocycles. The first-order valence-corrected chi connectivity index (χ1v) is 6.69. The van der Waals surface area contributed by atoms with Crippen LogP contribution in [0.4, 0.5) is 0 Å². The molecular formula is C3H3S3Se. The fourth-order valence-electron chi connectivity index (χ4n) is 0.443. The van der Waals surface area contributed by atoms with Gasteiger partial charge in [0.25, 0.3) is 0 Å². The Balaban J connectivity index is 1.99. The predicted octanol–water partition coefficient (Wildman–Crippen LogP) is 1.60. The van der Waals surface area contributed by atoms with E-state index in [2.05, 4.69) is 16.8 Å². The Hall–Kier alpha value is 1.57. The number of thioether (sulfide) groups is 3. The van der Waals surface area contributed by atoms with E-state index in [-0.39, 0.29) is 0 Å². The maximum absolute atomic E-state index is 2.29. The van der Waals surface area contributed by atoms with E-state index in [1.807, 2.05) is 23.5 Å². The molecule has 0 N–H and O–H groups in total. The van der Waals surface area contributed by atoms with Crippen molar-refractivity contribution in [2.45, 2.75) is 6.96 Å². The van der Waals surface area contributed by atoms with Crippen LogP contribution in [0.3, 0.4) is 0 Å². The van der Waals surface area contributed by atoms with E-state index in [0.717, 1.165) is 21.9 Å². The van der Waals surface area contributed by atoms with Crippen LogP contribution in [0.25, 0.3) is 0 Å². The summed E-state index contributed by atoms with van der Waals surface area (Å²) in [6, 6.07) is 0. The molecule has 0 aromatic carbocycles. The summed E-state index contributed by atoms with van der Waals surface area (Å²) < 4.78 is 2.00. The zero-order valence-electron chi connectivity index (χ0n) is 3.37. The summed E-state index contributed by atoms with van der Waals surface area (Å²) in [6.07, 6.45) is 0. The average Bonchev–Trinajstić information content (AvgIpc) is 1.67. The van der Waals surface area contributed by atoms with E-state index in [1.165, 1.54) is 0 Å². The molecule has 39 valence electrons. The second kappa shape index (κ2) is 2.07. The average molecular weight is 214 g/mol. The minimum atomic E-state index is 0.967. The van der Waals surface area contributed by atoms with Gasteiger partial charge in [-0.2, -0.15) is 0 Å². The standard InChI is InChI=1S/C3H3S3Se/c1-4-2-6-3(5-1)7-2/h1-3H. The van der Waals surface area contributed by atoms with E-state index in [1.54, 1.807) is 0 Å². The van der Waals surface area contributed by atoms with Crippen molar-refractivity contribution < 1.29 is 0 Å². The van der Waals surface area contributed by atoms with E-state index in [9.17, 15) is 0 Å². The Kier molecular flexibility index (Phi) is 1.58. The molecule has 3 aliphatic rings. The van der Waals surface area contributed by atoms with Gasteiger partial charge >= 0.3 is 62.3 Å². The van der Waals surface area contributed by atoms with Gasteiger partial charge in [-0.25, -0.2) is 0 Å². The van der Waals surface area contributed by atoms with Crippen LogP contribution in [0, 0.1) is 5.08 Å². The summed E-state index contributed by atoms with van der Waals surface area (Å²) >= 11 is 7.13. The Labute approximate surface area is 62.1 Å². The third-order valence-corrected chi connectivity index (χ3v) is 9.93. The fraction of sp³-hybridized carbons (Fsp3) is 0.667. The molecule has 2 unspecified atom stereocenters. The van der Waals surface area contributed by atoms with Crippen molar-refractivity contribution >= 4 is 50.2 Å². The van der Waals surface area contributed by atoms with Gasteiger partial charge in [0.2, 0.25) is 0 Å². The molecular weight excluding hydrogens is 211 g/mol. The summed E-state index contributed by atoms with van der Waals surface area (Å²) in [5.74, 6) is 0. The van der Waals surface area contributed by atoms with Crippen molar-refractivity contribution in [1.29, 1.82) is 0 Å². The summed E-state index contributed by atoms with van der Waals surface area (Å²) in [4.78, 5) is 0. The maximum atomic E-state index is 2.29. The zero-order valence-corrected chi connectivity index (χ0v) is 7.53. The molecule has 2 bridgehead atoms. The van der Waals surface area contributed by atoms with Gasteiger partial charge in [-0.3, -0.25) is 0 Å². The van der Waals surface area contributed by atoms with Gasteiger partial charge in [-0.05, 0) is 0 Å². The topological polar surface area (TPSA) is 0 Å². The molecule has 7 heavy (non-hydrogen) atoms. The second-order valence-corrected chi connectivity index (χ2v) is 10.5. The van der Waals surface area contributed by atoms with Crippen LogP contribution >= 0.6 is 35.3 Å². The molecule has 0 saturated carbocycles. The Bertz CT molecular complexity index is 66.7. The van der Waals surface area contributed by atoms with Crippen LogP contribution in [-0.2, 0) is 0 Å². The van der Waals surface area contributed by atoms with Gasteiger partial charge in [0.05, 0.1) is 0 Å². The third kappa shape index (κ3) is 0.969. The Morgan fingerprint density at radius 3 is 2.00 bits per heavy atom. The predicted molar refractivity (Wildman–Crippen MR) is 40.4 cm³/mol. The molecule has 3 rings (SSSR count). The Morgan fingerprint density at radius 1 is 1.29 bits per heavy atom. The van der Waals surface area contributed by atoms with Gasteiger partial charge in [0.1, 0.15) is 0 Å². The Morgan fingerprint density at radius 2 is 1.86 bits per heavy atom. The monoisotopic (exact) mass is 215 g/mol. The van der Waals surface area contributed by atoms with Crippen LogP contribution < -0.4 is 0 Å². The molecule has 4 heteroatoms. The van der Waals surface area contributed by atoms with Crippen molar-refractivity contribution in [2.24, 2.45) is 0 Å². The molecule has 3 aliphatic heterocycles. The van der Waals surface area contributed by atoms with Crippen LogP contribution in [0.5, 0.6) is 0 Å². The SMILES string of the molecule is [CH]1SC2SC(S1)[Se]2. The molecule has 3 fully saturated rings.